The van der Waals surface area contributed by atoms with Crippen LogP contribution in [0.15, 0.2) is 24.3 Å². The van der Waals surface area contributed by atoms with Gasteiger partial charge in [-0.15, -0.1) is 22.6 Å². The lowest BCUT2D eigenvalue weighted by molar-refractivity contribution is 0.0710. The first kappa shape index (κ1) is 20.2. The summed E-state index contributed by atoms with van der Waals surface area (Å²) in [6, 6.07) is 8.05. The Morgan fingerprint density at radius 3 is 2.63 bits per heavy atom. The fourth-order valence-electron chi connectivity index (χ4n) is 3.85. The van der Waals surface area contributed by atoms with Crippen molar-refractivity contribution in [1.29, 1.82) is 0 Å². The molecule has 1 amide bonds. The number of hydrogen-bond acceptors (Lipinski definition) is 5. The van der Waals surface area contributed by atoms with Crippen LogP contribution in [-0.2, 0) is 18.8 Å². The van der Waals surface area contributed by atoms with Gasteiger partial charge in [-0.2, -0.15) is 11.8 Å². The highest BCUT2D eigenvalue weighted by Gasteiger charge is 2.29. The molecule has 1 aromatic carbocycles. The maximum atomic E-state index is 12.8. The summed E-state index contributed by atoms with van der Waals surface area (Å²) in [5.41, 5.74) is 2.05. The predicted octanol–water partition coefficient (Wildman–Crippen LogP) is 2.69. The molecule has 0 atom stereocenters. The number of nitrogens with one attached hydrogen (secondary N) is 1. The van der Waals surface area contributed by atoms with Crippen LogP contribution in [0.4, 0.5) is 0 Å². The van der Waals surface area contributed by atoms with E-state index in [2.05, 4.69) is 38.5 Å². The van der Waals surface area contributed by atoms with Crippen LogP contribution in [0.2, 0.25) is 0 Å². The average molecular weight is 408 g/mol. The van der Waals surface area contributed by atoms with E-state index < -0.39 is 0 Å². The standard InChI is InChI=1S/C19H25N5OS.ClH/c1-26-13-14-2-4-16(5-3-14)19(25)23-9-6-15(7-10-23)18-22-21-17-12-20-8-11-24(17)18;/h2-5,15,20H,6-13H2,1H3;1H. The predicted molar refractivity (Wildman–Crippen MR) is 111 cm³/mol. The first-order chi connectivity index (χ1) is 12.8. The van der Waals surface area contributed by atoms with Crippen molar-refractivity contribution in [3.63, 3.8) is 0 Å². The highest BCUT2D eigenvalue weighted by atomic mass is 35.5. The monoisotopic (exact) mass is 407 g/mol. The lowest BCUT2D eigenvalue weighted by Gasteiger charge is -2.32. The first-order valence-electron chi connectivity index (χ1n) is 9.26. The van der Waals surface area contributed by atoms with Crippen molar-refractivity contribution in [2.45, 2.75) is 37.6 Å². The summed E-state index contributed by atoms with van der Waals surface area (Å²) in [5.74, 6) is 3.68. The van der Waals surface area contributed by atoms with Gasteiger partial charge in [0.05, 0.1) is 6.54 Å². The maximum Gasteiger partial charge on any atom is 0.253 e. The van der Waals surface area contributed by atoms with Crippen molar-refractivity contribution >= 4 is 30.1 Å². The molecule has 3 heterocycles. The number of thioether (sulfide) groups is 1. The van der Waals surface area contributed by atoms with Crippen LogP contribution < -0.4 is 5.32 Å². The van der Waals surface area contributed by atoms with E-state index in [0.717, 1.165) is 68.5 Å². The Morgan fingerprint density at radius 1 is 1.19 bits per heavy atom. The van der Waals surface area contributed by atoms with Crippen molar-refractivity contribution in [3.05, 3.63) is 47.0 Å². The second kappa shape index (κ2) is 9.08. The molecule has 146 valence electrons. The molecule has 1 N–H and O–H groups in total. The normalized spacial score (nSPS) is 17.3. The van der Waals surface area contributed by atoms with Crippen molar-refractivity contribution in [2.24, 2.45) is 0 Å². The number of carbonyl (C=O) groups is 1. The Hall–Kier alpha value is -1.57. The lowest BCUT2D eigenvalue weighted by atomic mass is 9.95. The van der Waals surface area contributed by atoms with Crippen LogP contribution >= 0.6 is 24.2 Å². The van der Waals surface area contributed by atoms with E-state index in [9.17, 15) is 4.79 Å². The van der Waals surface area contributed by atoms with Crippen LogP contribution in [0, 0.1) is 0 Å². The minimum absolute atomic E-state index is 0. The molecule has 0 bridgehead atoms. The molecule has 0 aliphatic carbocycles. The number of rotatable bonds is 4. The Labute approximate surface area is 170 Å². The average Bonchev–Trinajstić information content (AvgIpc) is 3.13. The van der Waals surface area contributed by atoms with E-state index in [4.69, 9.17) is 0 Å². The zero-order valence-electron chi connectivity index (χ0n) is 15.6. The SMILES string of the molecule is CSCc1ccc(C(=O)N2CCC(c3nnc4n3CCNC4)CC2)cc1.Cl. The topological polar surface area (TPSA) is 63.1 Å². The summed E-state index contributed by atoms with van der Waals surface area (Å²) < 4.78 is 2.27. The number of aromatic nitrogens is 3. The van der Waals surface area contributed by atoms with E-state index in [1.807, 2.05) is 17.0 Å². The van der Waals surface area contributed by atoms with Crippen LogP contribution in [-0.4, -0.2) is 51.5 Å². The highest BCUT2D eigenvalue weighted by molar-refractivity contribution is 7.97. The fourth-order valence-corrected chi connectivity index (χ4v) is 4.38. The van der Waals surface area contributed by atoms with Crippen LogP contribution in [0.25, 0.3) is 0 Å². The number of likely N-dealkylation sites (tertiary alicyclic amines) is 1. The van der Waals surface area contributed by atoms with Gasteiger partial charge in [0.2, 0.25) is 0 Å². The van der Waals surface area contributed by atoms with Crippen molar-refractivity contribution in [2.75, 3.05) is 25.9 Å². The molecule has 2 aliphatic rings. The number of benzene rings is 1. The van der Waals surface area contributed by atoms with Gasteiger partial charge in [0.1, 0.15) is 11.6 Å². The van der Waals surface area contributed by atoms with Crippen molar-refractivity contribution < 1.29 is 4.79 Å². The van der Waals surface area contributed by atoms with Gasteiger partial charge in [-0.1, -0.05) is 12.1 Å². The van der Waals surface area contributed by atoms with E-state index in [0.29, 0.717) is 5.92 Å². The second-order valence-electron chi connectivity index (χ2n) is 7.00. The molecule has 4 rings (SSSR count). The Morgan fingerprint density at radius 2 is 1.93 bits per heavy atom. The number of amides is 1. The molecule has 6 nitrogen and oxygen atoms in total. The third-order valence-corrected chi connectivity index (χ3v) is 5.93. The summed E-state index contributed by atoms with van der Waals surface area (Å²) in [7, 11) is 0. The Kier molecular flexibility index (Phi) is 6.78. The number of fused-ring (bicyclic) bond motifs is 1. The maximum absolute atomic E-state index is 12.8. The molecular formula is C19H26ClN5OS. The smallest absolute Gasteiger partial charge is 0.253 e. The molecule has 2 aromatic rings. The zero-order chi connectivity index (χ0) is 17.9. The molecule has 0 spiro atoms. The van der Waals surface area contributed by atoms with E-state index in [1.165, 1.54) is 5.56 Å². The highest BCUT2D eigenvalue weighted by Crippen LogP contribution is 2.28. The third kappa shape index (κ3) is 4.31. The summed E-state index contributed by atoms with van der Waals surface area (Å²) in [6.45, 7) is 4.30. The molecule has 1 aromatic heterocycles. The van der Waals surface area contributed by atoms with Gasteiger partial charge in [0.15, 0.2) is 0 Å². The zero-order valence-corrected chi connectivity index (χ0v) is 17.2. The Balaban J connectivity index is 0.00000210. The molecule has 8 heteroatoms. The van der Waals surface area contributed by atoms with Crippen molar-refractivity contribution in [1.82, 2.24) is 25.0 Å². The quantitative estimate of drug-likeness (QED) is 0.844. The van der Waals surface area contributed by atoms with E-state index >= 15 is 0 Å². The molecule has 0 unspecified atom stereocenters. The summed E-state index contributed by atoms with van der Waals surface area (Å²) in [4.78, 5) is 14.8. The number of hydrogen-bond donors (Lipinski definition) is 1. The van der Waals surface area contributed by atoms with Gasteiger partial charge in [0.25, 0.3) is 5.91 Å². The summed E-state index contributed by atoms with van der Waals surface area (Å²) >= 11 is 1.79. The van der Waals surface area contributed by atoms with Gasteiger partial charge >= 0.3 is 0 Å². The third-order valence-electron chi connectivity index (χ3n) is 5.31. The molecule has 0 radical (unpaired) electrons. The molecule has 2 aliphatic heterocycles. The molecule has 0 saturated carbocycles. The Bertz CT molecular complexity index is 771. The second-order valence-corrected chi connectivity index (χ2v) is 7.87. The number of carbonyl (C=O) groups excluding carboxylic acids is 1. The van der Waals surface area contributed by atoms with E-state index in [-0.39, 0.29) is 18.3 Å². The number of nitrogens with zero attached hydrogens (tertiary/aromatic N) is 4. The van der Waals surface area contributed by atoms with Gasteiger partial charge in [-0.25, -0.2) is 0 Å². The van der Waals surface area contributed by atoms with Crippen LogP contribution in [0.3, 0.4) is 0 Å². The molecular weight excluding hydrogens is 382 g/mol. The van der Waals surface area contributed by atoms with Crippen LogP contribution in [0.1, 0.15) is 46.3 Å². The van der Waals surface area contributed by atoms with Gasteiger partial charge in [0, 0.05) is 43.4 Å². The summed E-state index contributed by atoms with van der Waals surface area (Å²) in [6.07, 6.45) is 4.01. The van der Waals surface area contributed by atoms with Crippen molar-refractivity contribution in [3.8, 4) is 0 Å². The van der Waals surface area contributed by atoms with E-state index in [1.54, 1.807) is 11.8 Å². The van der Waals surface area contributed by atoms with Gasteiger partial charge < -0.3 is 14.8 Å². The fraction of sp³-hybridized carbons (Fsp3) is 0.526. The number of piperidine rings is 1. The number of halogens is 1. The molecule has 1 saturated heterocycles. The lowest BCUT2D eigenvalue weighted by Crippen LogP contribution is -2.38. The molecule has 27 heavy (non-hydrogen) atoms. The minimum Gasteiger partial charge on any atom is -0.339 e. The minimum atomic E-state index is 0. The molecule has 1 fully saturated rings. The van der Waals surface area contributed by atoms with Gasteiger partial charge in [-0.05, 0) is 36.8 Å². The largest absolute Gasteiger partial charge is 0.339 e. The van der Waals surface area contributed by atoms with Gasteiger partial charge in [-0.3, -0.25) is 4.79 Å². The first-order valence-corrected chi connectivity index (χ1v) is 10.7. The van der Waals surface area contributed by atoms with Crippen LogP contribution in [0.5, 0.6) is 0 Å². The summed E-state index contributed by atoms with van der Waals surface area (Å²) in [5, 5.41) is 12.1.